The van der Waals surface area contributed by atoms with Crippen molar-refractivity contribution in [2.45, 2.75) is 12.4 Å². The van der Waals surface area contributed by atoms with E-state index in [9.17, 15) is 30.7 Å². The molecule has 0 radical (unpaired) electrons. The van der Waals surface area contributed by atoms with Crippen molar-refractivity contribution in [3.8, 4) is 0 Å². The molecule has 0 aliphatic heterocycles. The summed E-state index contributed by atoms with van der Waals surface area (Å²) in [7, 11) is 0. The van der Waals surface area contributed by atoms with E-state index in [0.29, 0.717) is 0 Å². The lowest BCUT2D eigenvalue weighted by Gasteiger charge is -2.16. The lowest BCUT2D eigenvalue weighted by molar-refractivity contribution is -0.125. The molecule has 0 N–H and O–H groups in total. The Morgan fingerprint density at radius 3 is 1.36 bits per heavy atom. The summed E-state index contributed by atoms with van der Waals surface area (Å²) in [5.41, 5.74) is 0. The van der Waals surface area contributed by atoms with Crippen molar-refractivity contribution in [3.05, 3.63) is 11.9 Å². The number of allylic oxidation sites excluding steroid dienone is 2. The van der Waals surface area contributed by atoms with Crippen molar-refractivity contribution in [1.82, 2.24) is 0 Å². The van der Waals surface area contributed by atoms with E-state index in [1.807, 2.05) is 0 Å². The third kappa shape index (κ3) is 4.63. The maximum absolute atomic E-state index is 11.4. The molecule has 7 heteroatoms. The average Bonchev–Trinajstić information content (AvgIpc) is 1.56. The quantitative estimate of drug-likeness (QED) is 0.398. The zero-order chi connectivity index (χ0) is 9.28. The molecule has 0 spiro atoms. The first-order valence-corrected chi connectivity index (χ1v) is 2.07. The fourth-order valence-corrected chi connectivity index (χ4v) is 0.195. The number of hydrogen-bond donors (Lipinski definition) is 0. The molecule has 0 rings (SSSR count). The molecule has 0 aromatic heterocycles. The standard InChI is InChI=1S/C4F7/c5-2(4(9,10)11)1-3(6,7)8/q-1. The predicted molar refractivity (Wildman–Crippen MR) is 20.0 cm³/mol. The highest BCUT2D eigenvalue weighted by Gasteiger charge is 2.30. The Hall–Kier alpha value is -0.750. The second-order valence-corrected chi connectivity index (χ2v) is 1.43. The van der Waals surface area contributed by atoms with Gasteiger partial charge in [0.25, 0.3) is 6.18 Å². The summed E-state index contributed by atoms with van der Waals surface area (Å²) in [6, 6.07) is 0. The lowest BCUT2D eigenvalue weighted by atomic mass is 10.4. The van der Waals surface area contributed by atoms with Gasteiger partial charge < -0.3 is 6.08 Å². The molecule has 0 bridgehead atoms. The van der Waals surface area contributed by atoms with Gasteiger partial charge in [0.2, 0.25) is 0 Å². The first-order valence-electron chi connectivity index (χ1n) is 2.07. The first-order chi connectivity index (χ1) is 4.63. The van der Waals surface area contributed by atoms with Crippen LogP contribution in [0.15, 0.2) is 5.83 Å². The molecule has 0 atom stereocenters. The molecule has 0 aliphatic carbocycles. The van der Waals surface area contributed by atoms with Crippen LogP contribution in [0.2, 0.25) is 0 Å². The Morgan fingerprint density at radius 1 is 0.909 bits per heavy atom. The Bertz CT molecular complexity index is 158. The third-order valence-corrected chi connectivity index (χ3v) is 0.500. The molecule has 0 saturated heterocycles. The van der Waals surface area contributed by atoms with Crippen molar-refractivity contribution in [2.75, 3.05) is 0 Å². The maximum Gasteiger partial charge on any atom is 0.409 e. The summed E-state index contributed by atoms with van der Waals surface area (Å²) < 4.78 is 77.3. The van der Waals surface area contributed by atoms with Crippen molar-refractivity contribution < 1.29 is 30.7 Å². The van der Waals surface area contributed by atoms with Gasteiger partial charge in [0, 0.05) is 5.83 Å². The minimum Gasteiger partial charge on any atom is -0.346 e. The van der Waals surface area contributed by atoms with E-state index < -0.39 is 18.2 Å². The zero-order valence-electron chi connectivity index (χ0n) is 4.65. The van der Waals surface area contributed by atoms with Crippen LogP contribution >= 0.6 is 0 Å². The Labute approximate surface area is 56.3 Å². The van der Waals surface area contributed by atoms with Crippen LogP contribution in [-0.2, 0) is 0 Å². The molecule has 0 nitrogen and oxygen atoms in total. The molecule has 11 heavy (non-hydrogen) atoms. The van der Waals surface area contributed by atoms with Crippen LogP contribution in [-0.4, -0.2) is 12.4 Å². The number of halogens is 7. The number of alkyl halides is 6. The largest absolute Gasteiger partial charge is 0.409 e. The predicted octanol–water partition coefficient (Wildman–Crippen LogP) is 2.77. The Morgan fingerprint density at radius 2 is 1.27 bits per heavy atom. The van der Waals surface area contributed by atoms with Gasteiger partial charge in [-0.2, -0.15) is 13.2 Å². The molecular formula is C4F7-. The van der Waals surface area contributed by atoms with Crippen LogP contribution in [0.25, 0.3) is 0 Å². The van der Waals surface area contributed by atoms with E-state index >= 15 is 0 Å². The summed E-state index contributed by atoms with van der Waals surface area (Å²) >= 11 is 0. The van der Waals surface area contributed by atoms with Gasteiger partial charge in [-0.25, -0.2) is 17.6 Å². The smallest absolute Gasteiger partial charge is 0.346 e. The lowest BCUT2D eigenvalue weighted by Crippen LogP contribution is -2.13. The van der Waals surface area contributed by atoms with Crippen LogP contribution < -0.4 is 0 Å². The fourth-order valence-electron chi connectivity index (χ4n) is 0.195. The average molecular weight is 181 g/mol. The van der Waals surface area contributed by atoms with E-state index in [1.165, 1.54) is 0 Å². The molecule has 0 saturated carbocycles. The van der Waals surface area contributed by atoms with Crippen LogP contribution in [0.3, 0.4) is 0 Å². The molecule has 0 unspecified atom stereocenters. The highest BCUT2D eigenvalue weighted by atomic mass is 19.4. The van der Waals surface area contributed by atoms with E-state index in [1.54, 1.807) is 0 Å². The summed E-state index contributed by atoms with van der Waals surface area (Å²) in [6.07, 6.45) is -11.3. The monoisotopic (exact) mass is 181 g/mol. The van der Waals surface area contributed by atoms with Gasteiger partial charge in [-0.05, 0) is 0 Å². The minimum absolute atomic E-state index is 0.316. The van der Waals surface area contributed by atoms with Crippen molar-refractivity contribution in [3.63, 3.8) is 0 Å². The Kier molecular flexibility index (Phi) is 2.52. The molecule has 0 heterocycles. The van der Waals surface area contributed by atoms with E-state index in [2.05, 4.69) is 0 Å². The van der Waals surface area contributed by atoms with Crippen LogP contribution in [0.1, 0.15) is 0 Å². The first kappa shape index (κ1) is 10.2. The van der Waals surface area contributed by atoms with Crippen LogP contribution in [0, 0.1) is 6.08 Å². The summed E-state index contributed by atoms with van der Waals surface area (Å²) in [5.74, 6) is -3.27. The third-order valence-electron chi connectivity index (χ3n) is 0.500. The molecule has 0 aromatic rings. The molecular weight excluding hydrogens is 181 g/mol. The second kappa shape index (κ2) is 2.71. The van der Waals surface area contributed by atoms with E-state index in [-0.39, 0.29) is 6.08 Å². The molecule has 66 valence electrons. The van der Waals surface area contributed by atoms with Crippen LogP contribution in [0.5, 0.6) is 0 Å². The second-order valence-electron chi connectivity index (χ2n) is 1.43. The Balaban J connectivity index is 4.49. The number of rotatable bonds is 0. The van der Waals surface area contributed by atoms with Crippen LogP contribution in [0.4, 0.5) is 30.7 Å². The summed E-state index contributed by atoms with van der Waals surface area (Å²) in [4.78, 5) is 0. The van der Waals surface area contributed by atoms with Crippen molar-refractivity contribution in [2.24, 2.45) is 0 Å². The van der Waals surface area contributed by atoms with Crippen molar-refractivity contribution in [1.29, 1.82) is 0 Å². The molecule has 0 aliphatic rings. The topological polar surface area (TPSA) is 0 Å². The highest BCUT2D eigenvalue weighted by Crippen LogP contribution is 2.29. The van der Waals surface area contributed by atoms with Gasteiger partial charge in [-0.1, -0.05) is 0 Å². The highest BCUT2D eigenvalue weighted by molar-refractivity contribution is 4.96. The van der Waals surface area contributed by atoms with Gasteiger partial charge in [-0.15, -0.1) is 0 Å². The SMILES string of the molecule is FC(=[C-]C(F)(F)F)C(F)(F)F. The normalized spacial score (nSPS) is 15.4. The fraction of sp³-hybridized carbons (Fsp3) is 0.500. The summed E-state index contributed by atoms with van der Waals surface area (Å²) in [5, 5.41) is 0. The molecule has 0 amide bonds. The van der Waals surface area contributed by atoms with Gasteiger partial charge >= 0.3 is 6.18 Å². The minimum atomic E-state index is -5.62. The van der Waals surface area contributed by atoms with Crippen molar-refractivity contribution >= 4 is 0 Å². The van der Waals surface area contributed by atoms with Gasteiger partial charge in [-0.3, -0.25) is 0 Å². The van der Waals surface area contributed by atoms with E-state index in [4.69, 9.17) is 0 Å². The van der Waals surface area contributed by atoms with Gasteiger partial charge in [0.15, 0.2) is 0 Å². The van der Waals surface area contributed by atoms with Gasteiger partial charge in [0.1, 0.15) is 0 Å². The molecule has 0 fully saturated rings. The van der Waals surface area contributed by atoms with E-state index in [0.717, 1.165) is 0 Å². The summed E-state index contributed by atoms with van der Waals surface area (Å²) in [6.45, 7) is 0. The number of hydrogen-bond acceptors (Lipinski definition) is 0. The molecule has 0 aromatic carbocycles. The maximum atomic E-state index is 11.4. The zero-order valence-corrected chi connectivity index (χ0v) is 4.65. The van der Waals surface area contributed by atoms with Gasteiger partial charge in [0.05, 0.1) is 0 Å².